The molecule has 0 saturated carbocycles. The number of hydrogen-bond acceptors (Lipinski definition) is 3. The molecule has 5 heteroatoms. The first-order valence-electron chi connectivity index (χ1n) is 9.69. The van der Waals surface area contributed by atoms with E-state index in [2.05, 4.69) is 12.1 Å². The van der Waals surface area contributed by atoms with E-state index in [1.165, 1.54) is 11.1 Å². The van der Waals surface area contributed by atoms with E-state index < -0.39 is 0 Å². The second-order valence-electron chi connectivity index (χ2n) is 7.08. The largest absolute Gasteiger partial charge is 0.496 e. The Balaban J connectivity index is 1.65. The van der Waals surface area contributed by atoms with Crippen LogP contribution in [0.4, 0.5) is 0 Å². The first-order valence-corrected chi connectivity index (χ1v) is 9.69. The molecule has 0 N–H and O–H groups in total. The fourth-order valence-electron chi connectivity index (χ4n) is 4.14. The van der Waals surface area contributed by atoms with Gasteiger partial charge in [-0.15, -0.1) is 0 Å². The lowest BCUT2D eigenvalue weighted by Crippen LogP contribution is -2.36. The molecule has 0 saturated heterocycles. The average molecular weight is 375 g/mol. The van der Waals surface area contributed by atoms with Gasteiger partial charge in [0.25, 0.3) is 5.91 Å². The molecule has 1 aliphatic rings. The molecule has 0 fully saturated rings. The van der Waals surface area contributed by atoms with Crippen molar-refractivity contribution >= 4 is 5.91 Å². The molecule has 0 aliphatic carbocycles. The minimum absolute atomic E-state index is 0.0494. The second kappa shape index (κ2) is 7.50. The highest BCUT2D eigenvalue weighted by Gasteiger charge is 2.28. The van der Waals surface area contributed by atoms with Gasteiger partial charge in [0.1, 0.15) is 5.75 Å². The summed E-state index contributed by atoms with van der Waals surface area (Å²) in [6.07, 6.45) is 1.57. The number of amides is 1. The molecule has 0 bridgehead atoms. The quantitative estimate of drug-likeness (QED) is 0.696. The van der Waals surface area contributed by atoms with Crippen molar-refractivity contribution in [1.29, 1.82) is 0 Å². The summed E-state index contributed by atoms with van der Waals surface area (Å²) in [4.78, 5) is 15.2. The molecular weight excluding hydrogens is 350 g/mol. The minimum Gasteiger partial charge on any atom is -0.496 e. The Kier molecular flexibility index (Phi) is 4.90. The molecule has 3 aromatic rings. The van der Waals surface area contributed by atoms with Crippen LogP contribution in [0.1, 0.15) is 34.1 Å². The summed E-state index contributed by atoms with van der Waals surface area (Å²) in [5, 5.41) is 4.73. The van der Waals surface area contributed by atoms with Crippen molar-refractivity contribution in [2.75, 3.05) is 13.7 Å². The molecule has 0 atom stereocenters. The third-order valence-electron chi connectivity index (χ3n) is 5.47. The van der Waals surface area contributed by atoms with Gasteiger partial charge in [0, 0.05) is 35.8 Å². The minimum atomic E-state index is 0.0494. The molecule has 1 amide bonds. The zero-order valence-electron chi connectivity index (χ0n) is 16.6. The smallest absolute Gasteiger partial charge is 0.254 e. The number of ether oxygens (including phenoxy) is 1. The number of carbonyl (C=O) groups is 1. The zero-order chi connectivity index (χ0) is 19.7. The zero-order valence-corrected chi connectivity index (χ0v) is 16.6. The number of benzene rings is 2. The Hall–Kier alpha value is -3.08. The number of fused-ring (bicyclic) bond motifs is 1. The predicted molar refractivity (Wildman–Crippen MR) is 109 cm³/mol. The van der Waals surface area contributed by atoms with E-state index in [0.29, 0.717) is 13.1 Å². The van der Waals surface area contributed by atoms with Gasteiger partial charge in [0.2, 0.25) is 0 Å². The van der Waals surface area contributed by atoms with Crippen LogP contribution in [0.5, 0.6) is 5.75 Å². The maximum Gasteiger partial charge on any atom is 0.254 e. The van der Waals surface area contributed by atoms with Crippen LogP contribution in [0.3, 0.4) is 0 Å². The summed E-state index contributed by atoms with van der Waals surface area (Å²) in [6, 6.07) is 16.0. The van der Waals surface area contributed by atoms with Crippen molar-refractivity contribution < 1.29 is 9.53 Å². The van der Waals surface area contributed by atoms with Crippen LogP contribution < -0.4 is 4.74 Å². The number of nitrogens with zero attached hydrogens (tertiary/aromatic N) is 3. The molecule has 0 radical (unpaired) electrons. The highest BCUT2D eigenvalue weighted by molar-refractivity contribution is 5.96. The number of carbonyl (C=O) groups excluding carboxylic acids is 1. The van der Waals surface area contributed by atoms with E-state index in [1.54, 1.807) is 7.11 Å². The second-order valence-corrected chi connectivity index (χ2v) is 7.08. The Bertz CT molecular complexity index is 1010. The first kappa shape index (κ1) is 18.3. The van der Waals surface area contributed by atoms with Crippen LogP contribution in [0.2, 0.25) is 0 Å². The van der Waals surface area contributed by atoms with Crippen LogP contribution in [0.25, 0.3) is 11.3 Å². The predicted octanol–water partition coefficient (Wildman–Crippen LogP) is 3.86. The maximum atomic E-state index is 13.3. The van der Waals surface area contributed by atoms with Crippen LogP contribution in [0.15, 0.2) is 48.5 Å². The molecule has 5 nitrogen and oxygen atoms in total. The monoisotopic (exact) mass is 375 g/mol. The van der Waals surface area contributed by atoms with E-state index >= 15 is 0 Å². The van der Waals surface area contributed by atoms with Crippen LogP contribution in [-0.4, -0.2) is 34.2 Å². The highest BCUT2D eigenvalue weighted by Crippen LogP contribution is 2.31. The number of methoxy groups -OCH3 is 1. The molecular formula is C23H25N3O2. The maximum absolute atomic E-state index is 13.3. The topological polar surface area (TPSA) is 47.4 Å². The van der Waals surface area contributed by atoms with Gasteiger partial charge in [-0.3, -0.25) is 9.48 Å². The summed E-state index contributed by atoms with van der Waals surface area (Å²) in [5.74, 6) is 0.823. The van der Waals surface area contributed by atoms with E-state index in [4.69, 9.17) is 9.84 Å². The third kappa shape index (κ3) is 3.07. The molecule has 1 aliphatic heterocycles. The molecule has 28 heavy (non-hydrogen) atoms. The van der Waals surface area contributed by atoms with Crippen molar-refractivity contribution in [2.45, 2.75) is 26.3 Å². The van der Waals surface area contributed by atoms with Crippen molar-refractivity contribution in [3.05, 3.63) is 70.9 Å². The third-order valence-corrected chi connectivity index (χ3v) is 5.47. The molecule has 1 aromatic heterocycles. The van der Waals surface area contributed by atoms with Gasteiger partial charge in [-0.2, -0.15) is 5.10 Å². The fraction of sp³-hybridized carbons (Fsp3) is 0.304. The van der Waals surface area contributed by atoms with E-state index in [1.807, 2.05) is 60.0 Å². The van der Waals surface area contributed by atoms with Crippen LogP contribution in [-0.2, 0) is 26.4 Å². The summed E-state index contributed by atoms with van der Waals surface area (Å²) in [5.41, 5.74) is 6.25. The van der Waals surface area contributed by atoms with Crippen molar-refractivity contribution in [3.63, 3.8) is 0 Å². The Morgan fingerprint density at radius 3 is 2.64 bits per heavy atom. The van der Waals surface area contributed by atoms with Crippen LogP contribution >= 0.6 is 0 Å². The molecule has 144 valence electrons. The van der Waals surface area contributed by atoms with Gasteiger partial charge >= 0.3 is 0 Å². The van der Waals surface area contributed by atoms with E-state index in [0.717, 1.165) is 41.1 Å². The van der Waals surface area contributed by atoms with Gasteiger partial charge < -0.3 is 9.64 Å². The van der Waals surface area contributed by atoms with Gasteiger partial charge in [-0.1, -0.05) is 43.3 Å². The normalized spacial score (nSPS) is 13.3. The molecule has 2 aromatic carbocycles. The Labute approximate surface area is 165 Å². The number of aromatic nitrogens is 2. The summed E-state index contributed by atoms with van der Waals surface area (Å²) < 4.78 is 7.39. The number of aryl methyl sites for hydroxylation is 1. The number of hydrogen-bond donors (Lipinski definition) is 0. The summed E-state index contributed by atoms with van der Waals surface area (Å²) in [6.45, 7) is 3.28. The Morgan fingerprint density at radius 1 is 1.14 bits per heavy atom. The fourth-order valence-corrected chi connectivity index (χ4v) is 4.14. The standard InChI is InChI=1S/C23H25N3O2/c1-4-17-18(11-8-12-21(17)28-3)23(27)26-14-13-19-20(15-26)24-25(2)22(19)16-9-6-5-7-10-16/h5-12H,4,13-15H2,1-3H3. The Morgan fingerprint density at radius 2 is 1.93 bits per heavy atom. The van der Waals surface area contributed by atoms with Gasteiger partial charge in [-0.05, 0) is 25.0 Å². The number of rotatable bonds is 4. The SMILES string of the molecule is CCc1c(OC)cccc1C(=O)N1CCc2c(nn(C)c2-c2ccccc2)C1. The lowest BCUT2D eigenvalue weighted by molar-refractivity contribution is 0.0731. The van der Waals surface area contributed by atoms with Crippen molar-refractivity contribution in [3.8, 4) is 17.0 Å². The van der Waals surface area contributed by atoms with Gasteiger partial charge in [-0.25, -0.2) is 0 Å². The first-order chi connectivity index (χ1) is 13.6. The van der Waals surface area contributed by atoms with Gasteiger partial charge in [0.15, 0.2) is 0 Å². The molecule has 0 unspecified atom stereocenters. The average Bonchev–Trinajstić information content (AvgIpc) is 3.07. The molecule has 2 heterocycles. The summed E-state index contributed by atoms with van der Waals surface area (Å²) in [7, 11) is 3.62. The van der Waals surface area contributed by atoms with Gasteiger partial charge in [0.05, 0.1) is 25.0 Å². The highest BCUT2D eigenvalue weighted by atomic mass is 16.5. The molecule has 0 spiro atoms. The molecule has 4 rings (SSSR count). The van der Waals surface area contributed by atoms with E-state index in [-0.39, 0.29) is 5.91 Å². The lowest BCUT2D eigenvalue weighted by atomic mass is 9.98. The van der Waals surface area contributed by atoms with Crippen molar-refractivity contribution in [2.24, 2.45) is 7.05 Å². The lowest BCUT2D eigenvalue weighted by Gasteiger charge is -2.27. The van der Waals surface area contributed by atoms with Crippen molar-refractivity contribution in [1.82, 2.24) is 14.7 Å². The summed E-state index contributed by atoms with van der Waals surface area (Å²) >= 11 is 0. The van der Waals surface area contributed by atoms with Crippen LogP contribution in [0, 0.1) is 0 Å². The van der Waals surface area contributed by atoms with E-state index in [9.17, 15) is 4.79 Å².